The highest BCUT2D eigenvalue weighted by atomic mass is 19.1. The zero-order valence-electron chi connectivity index (χ0n) is 17.4. The van der Waals surface area contributed by atoms with E-state index in [0.717, 1.165) is 56.8 Å². The average molecular weight is 423 g/mol. The van der Waals surface area contributed by atoms with Crippen LogP contribution in [-0.4, -0.2) is 54.5 Å². The third kappa shape index (κ3) is 3.46. The second kappa shape index (κ2) is 7.67. The molecule has 0 radical (unpaired) electrons. The number of hydrogen-bond donors (Lipinski definition) is 0. The van der Waals surface area contributed by atoms with Crippen LogP contribution in [0.2, 0.25) is 0 Å². The number of hydrogen-bond acceptors (Lipinski definition) is 6. The molecule has 1 aromatic heterocycles. The number of halogens is 1. The fraction of sp³-hybridized carbons (Fsp3) is 0.458. The summed E-state index contributed by atoms with van der Waals surface area (Å²) in [4.78, 5) is 4.93. The van der Waals surface area contributed by atoms with E-state index < -0.39 is 5.79 Å². The fourth-order valence-electron chi connectivity index (χ4n) is 5.36. The van der Waals surface area contributed by atoms with Crippen LogP contribution in [0.15, 0.2) is 47.0 Å². The summed E-state index contributed by atoms with van der Waals surface area (Å²) in [5.41, 5.74) is 3.96. The van der Waals surface area contributed by atoms with Crippen molar-refractivity contribution in [2.45, 2.75) is 31.1 Å². The molecule has 2 saturated heterocycles. The number of likely N-dealkylation sites (tertiary alicyclic amines) is 1. The van der Waals surface area contributed by atoms with Gasteiger partial charge in [-0.1, -0.05) is 29.4 Å². The normalized spacial score (nSPS) is 22.4. The largest absolute Gasteiger partial charge is 0.356 e. The maximum atomic E-state index is 13.4. The second-order valence-electron chi connectivity index (χ2n) is 8.84. The van der Waals surface area contributed by atoms with Gasteiger partial charge in [-0.25, -0.2) is 4.39 Å². The molecule has 0 unspecified atom stereocenters. The van der Waals surface area contributed by atoms with Gasteiger partial charge in [-0.2, -0.15) is 0 Å². The van der Waals surface area contributed by atoms with Crippen molar-refractivity contribution in [2.75, 3.05) is 39.5 Å². The summed E-state index contributed by atoms with van der Waals surface area (Å²) in [7, 11) is 0. The van der Waals surface area contributed by atoms with Crippen LogP contribution < -0.4 is 0 Å². The summed E-state index contributed by atoms with van der Waals surface area (Å²) < 4.78 is 31.1. The van der Waals surface area contributed by atoms with Gasteiger partial charge in [-0.05, 0) is 30.5 Å². The van der Waals surface area contributed by atoms with E-state index in [1.165, 1.54) is 23.3 Å². The standard InChI is InChI=1S/C24H26FN3O3/c25-19-5-6-20-22(13-19)31-26-23(20)17-7-9-27(10-8-17)16-28-14-18-3-1-2-4-21(18)24(15-28)29-11-12-30-24/h1-6,13,17H,7-12,14-16H2. The molecule has 31 heavy (non-hydrogen) atoms. The molecular formula is C24H26FN3O3. The Morgan fingerprint density at radius 1 is 1.03 bits per heavy atom. The minimum atomic E-state index is -0.623. The highest BCUT2D eigenvalue weighted by molar-refractivity contribution is 5.79. The topological polar surface area (TPSA) is 51.0 Å². The number of fused-ring (bicyclic) bond motifs is 3. The first-order chi connectivity index (χ1) is 15.2. The van der Waals surface area contributed by atoms with Gasteiger partial charge in [0.15, 0.2) is 5.58 Å². The molecule has 162 valence electrons. The van der Waals surface area contributed by atoms with Gasteiger partial charge >= 0.3 is 0 Å². The first-order valence-electron chi connectivity index (χ1n) is 11.1. The van der Waals surface area contributed by atoms with Gasteiger partial charge in [0.2, 0.25) is 5.79 Å². The maximum Gasteiger partial charge on any atom is 0.208 e. The van der Waals surface area contributed by atoms with Crippen LogP contribution in [0.4, 0.5) is 4.39 Å². The average Bonchev–Trinajstić information content (AvgIpc) is 3.42. The molecular weight excluding hydrogens is 397 g/mol. The summed E-state index contributed by atoms with van der Waals surface area (Å²) in [6.45, 7) is 5.82. The molecule has 0 atom stereocenters. The van der Waals surface area contributed by atoms with Crippen LogP contribution in [0, 0.1) is 5.82 Å². The number of benzene rings is 2. The third-order valence-corrected chi connectivity index (χ3v) is 6.84. The number of ether oxygens (including phenoxy) is 2. The summed E-state index contributed by atoms with van der Waals surface area (Å²) in [5, 5.41) is 5.21. The molecule has 7 heteroatoms. The minimum Gasteiger partial charge on any atom is -0.356 e. The first-order valence-corrected chi connectivity index (χ1v) is 11.1. The van der Waals surface area contributed by atoms with Crippen LogP contribution in [0.3, 0.4) is 0 Å². The summed E-state index contributed by atoms with van der Waals surface area (Å²) in [6.07, 6.45) is 2.03. The predicted molar refractivity (Wildman–Crippen MR) is 113 cm³/mol. The van der Waals surface area contributed by atoms with Gasteiger partial charge in [0.1, 0.15) is 5.82 Å². The third-order valence-electron chi connectivity index (χ3n) is 6.84. The van der Waals surface area contributed by atoms with E-state index >= 15 is 0 Å². The molecule has 0 aliphatic carbocycles. The number of piperidine rings is 1. The monoisotopic (exact) mass is 423 g/mol. The molecule has 1 spiro atoms. The van der Waals surface area contributed by atoms with Crippen molar-refractivity contribution < 1.29 is 18.4 Å². The van der Waals surface area contributed by atoms with Gasteiger partial charge in [-0.3, -0.25) is 9.80 Å². The van der Waals surface area contributed by atoms with Crippen LogP contribution in [0.1, 0.15) is 35.6 Å². The van der Waals surface area contributed by atoms with E-state index in [-0.39, 0.29) is 5.82 Å². The fourth-order valence-corrected chi connectivity index (χ4v) is 5.36. The van der Waals surface area contributed by atoms with Crippen LogP contribution in [0.5, 0.6) is 0 Å². The molecule has 6 nitrogen and oxygen atoms in total. The van der Waals surface area contributed by atoms with E-state index in [1.807, 2.05) is 0 Å². The summed E-state index contributed by atoms with van der Waals surface area (Å²) in [6, 6.07) is 13.2. The van der Waals surface area contributed by atoms with Crippen LogP contribution >= 0.6 is 0 Å². The van der Waals surface area contributed by atoms with Crippen molar-refractivity contribution in [1.29, 1.82) is 0 Å². The van der Waals surface area contributed by atoms with Gasteiger partial charge in [0.05, 0.1) is 32.1 Å². The molecule has 6 rings (SSSR count). The quantitative estimate of drug-likeness (QED) is 0.639. The lowest BCUT2D eigenvalue weighted by Crippen LogP contribution is -2.51. The molecule has 0 bridgehead atoms. The lowest BCUT2D eigenvalue weighted by Gasteiger charge is -2.43. The van der Waals surface area contributed by atoms with Crippen molar-refractivity contribution in [3.05, 3.63) is 65.1 Å². The van der Waals surface area contributed by atoms with Gasteiger partial charge in [-0.15, -0.1) is 0 Å². The number of rotatable bonds is 3. The van der Waals surface area contributed by atoms with E-state index in [1.54, 1.807) is 6.07 Å². The molecule has 0 saturated carbocycles. The Balaban J connectivity index is 1.13. The van der Waals surface area contributed by atoms with Crippen molar-refractivity contribution >= 4 is 11.0 Å². The smallest absolute Gasteiger partial charge is 0.208 e. The van der Waals surface area contributed by atoms with E-state index in [4.69, 9.17) is 14.0 Å². The molecule has 2 aromatic carbocycles. The summed E-state index contributed by atoms with van der Waals surface area (Å²) in [5.74, 6) is -0.568. The van der Waals surface area contributed by atoms with Crippen molar-refractivity contribution in [2.24, 2.45) is 0 Å². The molecule has 3 aromatic rings. The van der Waals surface area contributed by atoms with Gasteiger partial charge in [0.25, 0.3) is 0 Å². The van der Waals surface area contributed by atoms with Crippen molar-refractivity contribution in [3.8, 4) is 0 Å². The Morgan fingerprint density at radius 2 is 1.84 bits per heavy atom. The van der Waals surface area contributed by atoms with E-state index in [2.05, 4.69) is 39.2 Å². The molecule has 4 heterocycles. The molecule has 0 amide bonds. The van der Waals surface area contributed by atoms with E-state index in [9.17, 15) is 4.39 Å². The minimum absolute atomic E-state index is 0.291. The van der Waals surface area contributed by atoms with Gasteiger partial charge < -0.3 is 14.0 Å². The van der Waals surface area contributed by atoms with Crippen molar-refractivity contribution in [3.63, 3.8) is 0 Å². The molecule has 3 aliphatic heterocycles. The van der Waals surface area contributed by atoms with Gasteiger partial charge in [0, 0.05) is 42.6 Å². The zero-order chi connectivity index (χ0) is 20.8. The van der Waals surface area contributed by atoms with Crippen LogP contribution in [0.25, 0.3) is 11.0 Å². The zero-order valence-corrected chi connectivity index (χ0v) is 17.4. The second-order valence-corrected chi connectivity index (χ2v) is 8.84. The molecule has 0 N–H and O–H groups in total. The SMILES string of the molecule is Fc1ccc2c(C3CCN(CN4Cc5ccccc5C5(C4)OCCO5)CC3)noc2c1. The Bertz CT molecular complexity index is 1090. The Labute approximate surface area is 180 Å². The Morgan fingerprint density at radius 3 is 2.68 bits per heavy atom. The summed E-state index contributed by atoms with van der Waals surface area (Å²) >= 11 is 0. The Hall–Kier alpha value is -2.32. The lowest BCUT2D eigenvalue weighted by molar-refractivity contribution is -0.191. The Kier molecular flexibility index (Phi) is 4.79. The highest BCUT2D eigenvalue weighted by Crippen LogP contribution is 2.39. The predicted octanol–water partition coefficient (Wildman–Crippen LogP) is 3.82. The van der Waals surface area contributed by atoms with Crippen molar-refractivity contribution in [1.82, 2.24) is 15.0 Å². The maximum absolute atomic E-state index is 13.4. The first kappa shape index (κ1) is 19.4. The molecule has 2 fully saturated rings. The lowest BCUT2D eigenvalue weighted by atomic mass is 9.91. The van der Waals surface area contributed by atoms with Crippen LogP contribution in [-0.2, 0) is 21.8 Å². The number of nitrogens with zero attached hydrogens (tertiary/aromatic N) is 3. The number of aromatic nitrogens is 1. The highest BCUT2D eigenvalue weighted by Gasteiger charge is 2.45. The molecule has 3 aliphatic rings. The van der Waals surface area contributed by atoms with E-state index in [0.29, 0.717) is 24.7 Å².